The molecule has 1 saturated heterocycles. The number of nitrogens with one attached hydrogen (secondary N) is 1. The molecule has 20 heavy (non-hydrogen) atoms. The van der Waals surface area contributed by atoms with Crippen molar-refractivity contribution in [2.45, 2.75) is 77.4 Å². The summed E-state index contributed by atoms with van der Waals surface area (Å²) in [6, 6.07) is -0.541. The smallest absolute Gasteiger partial charge is 0.407 e. The molecule has 1 amide bonds. The average molecular weight is 285 g/mol. The Morgan fingerprint density at radius 3 is 2.30 bits per heavy atom. The standard InChI is InChI=1S/C15H27NO4/c1-3-4-5-6-7-8-9-10-11-19-15(18)16-13-12(2)20-14(13)17/h12-13H,3-11H2,1-2H3,(H,16,18)/t12-,13+/m0/s1. The maximum absolute atomic E-state index is 11.4. The Morgan fingerprint density at radius 2 is 1.75 bits per heavy atom. The highest BCUT2D eigenvalue weighted by atomic mass is 16.6. The maximum Gasteiger partial charge on any atom is 0.407 e. The highest BCUT2D eigenvalue weighted by Crippen LogP contribution is 2.13. The molecule has 0 aromatic heterocycles. The zero-order valence-corrected chi connectivity index (χ0v) is 12.7. The Kier molecular flexibility index (Phi) is 8.07. The molecule has 116 valence electrons. The van der Waals surface area contributed by atoms with Gasteiger partial charge in [0.1, 0.15) is 6.10 Å². The van der Waals surface area contributed by atoms with E-state index in [9.17, 15) is 9.59 Å². The van der Waals surface area contributed by atoms with Crippen LogP contribution in [0.25, 0.3) is 0 Å². The van der Waals surface area contributed by atoms with Crippen LogP contribution in [0.3, 0.4) is 0 Å². The minimum atomic E-state index is -0.541. The summed E-state index contributed by atoms with van der Waals surface area (Å²) in [5.74, 6) is -0.387. The summed E-state index contributed by atoms with van der Waals surface area (Å²) in [7, 11) is 0. The Bertz CT molecular complexity index is 306. The Morgan fingerprint density at radius 1 is 1.15 bits per heavy atom. The summed E-state index contributed by atoms with van der Waals surface area (Å²) in [6.07, 6.45) is 8.87. The van der Waals surface area contributed by atoms with E-state index in [1.165, 1.54) is 38.5 Å². The van der Waals surface area contributed by atoms with Crippen LogP contribution in [0.15, 0.2) is 0 Å². The maximum atomic E-state index is 11.4. The number of ether oxygens (including phenoxy) is 2. The van der Waals surface area contributed by atoms with Crippen molar-refractivity contribution in [3.8, 4) is 0 Å². The van der Waals surface area contributed by atoms with Gasteiger partial charge < -0.3 is 14.8 Å². The second kappa shape index (κ2) is 9.61. The molecule has 0 spiro atoms. The van der Waals surface area contributed by atoms with E-state index in [2.05, 4.69) is 12.2 Å². The van der Waals surface area contributed by atoms with Crippen LogP contribution >= 0.6 is 0 Å². The van der Waals surface area contributed by atoms with Gasteiger partial charge in [0.15, 0.2) is 6.04 Å². The van der Waals surface area contributed by atoms with Crippen LogP contribution in [0.4, 0.5) is 4.79 Å². The molecule has 0 saturated carbocycles. The Labute approximate surface area is 121 Å². The Balaban J connectivity index is 1.88. The van der Waals surface area contributed by atoms with Crippen LogP contribution < -0.4 is 5.32 Å². The molecular formula is C15H27NO4. The third-order valence-electron chi connectivity index (χ3n) is 3.53. The molecule has 0 aromatic carbocycles. The first-order valence-corrected chi connectivity index (χ1v) is 7.79. The normalized spacial score (nSPS) is 21.0. The lowest BCUT2D eigenvalue weighted by Gasteiger charge is -2.32. The topological polar surface area (TPSA) is 64.6 Å². The molecule has 0 aliphatic carbocycles. The van der Waals surface area contributed by atoms with Crippen LogP contribution in [0.5, 0.6) is 0 Å². The van der Waals surface area contributed by atoms with Gasteiger partial charge in [0, 0.05) is 0 Å². The lowest BCUT2D eigenvalue weighted by atomic mass is 10.1. The molecule has 1 rings (SSSR count). The van der Waals surface area contributed by atoms with Gasteiger partial charge in [-0.3, -0.25) is 0 Å². The fraction of sp³-hybridized carbons (Fsp3) is 0.867. The highest BCUT2D eigenvalue weighted by Gasteiger charge is 2.40. The monoisotopic (exact) mass is 285 g/mol. The molecule has 1 heterocycles. The highest BCUT2D eigenvalue weighted by molar-refractivity contribution is 5.86. The van der Waals surface area contributed by atoms with E-state index in [0.29, 0.717) is 6.61 Å². The van der Waals surface area contributed by atoms with E-state index >= 15 is 0 Å². The van der Waals surface area contributed by atoms with E-state index in [1.54, 1.807) is 6.92 Å². The molecule has 0 unspecified atom stereocenters. The lowest BCUT2D eigenvalue weighted by molar-refractivity contribution is -0.174. The molecule has 5 heteroatoms. The van der Waals surface area contributed by atoms with E-state index < -0.39 is 12.1 Å². The second-order valence-electron chi connectivity index (χ2n) is 5.37. The predicted octanol–water partition coefficient (Wildman–Crippen LogP) is 3.17. The molecule has 2 atom stereocenters. The number of esters is 1. The fourth-order valence-electron chi connectivity index (χ4n) is 2.19. The summed E-state index contributed by atoms with van der Waals surface area (Å²) in [5.41, 5.74) is 0. The van der Waals surface area contributed by atoms with Gasteiger partial charge in [-0.2, -0.15) is 0 Å². The van der Waals surface area contributed by atoms with Crippen molar-refractivity contribution >= 4 is 12.1 Å². The van der Waals surface area contributed by atoms with Gasteiger partial charge in [-0.1, -0.05) is 51.9 Å². The minimum absolute atomic E-state index is 0.252. The van der Waals surface area contributed by atoms with Crippen molar-refractivity contribution in [2.24, 2.45) is 0 Å². The van der Waals surface area contributed by atoms with Gasteiger partial charge in [-0.25, -0.2) is 9.59 Å². The summed E-state index contributed by atoms with van der Waals surface area (Å²) >= 11 is 0. The van der Waals surface area contributed by atoms with Crippen molar-refractivity contribution < 1.29 is 19.1 Å². The zero-order valence-electron chi connectivity index (χ0n) is 12.7. The van der Waals surface area contributed by atoms with Gasteiger partial charge in [-0.05, 0) is 13.3 Å². The lowest BCUT2D eigenvalue weighted by Crippen LogP contribution is -2.58. The van der Waals surface area contributed by atoms with Gasteiger partial charge in [0.25, 0.3) is 0 Å². The third-order valence-corrected chi connectivity index (χ3v) is 3.53. The van der Waals surface area contributed by atoms with Crippen molar-refractivity contribution in [1.82, 2.24) is 5.32 Å². The first-order valence-electron chi connectivity index (χ1n) is 7.79. The largest absolute Gasteiger partial charge is 0.458 e. The van der Waals surface area contributed by atoms with Crippen LogP contribution in [-0.4, -0.2) is 30.8 Å². The molecule has 0 aromatic rings. The van der Waals surface area contributed by atoms with Crippen molar-refractivity contribution in [3.63, 3.8) is 0 Å². The molecule has 1 aliphatic heterocycles. The molecule has 1 aliphatic rings. The zero-order chi connectivity index (χ0) is 14.8. The van der Waals surface area contributed by atoms with Gasteiger partial charge in [0.05, 0.1) is 6.61 Å². The predicted molar refractivity (Wildman–Crippen MR) is 76.4 cm³/mol. The van der Waals surface area contributed by atoms with E-state index in [4.69, 9.17) is 9.47 Å². The van der Waals surface area contributed by atoms with E-state index in [-0.39, 0.29) is 12.1 Å². The first-order chi connectivity index (χ1) is 9.65. The third kappa shape index (κ3) is 6.26. The summed E-state index contributed by atoms with van der Waals surface area (Å²) in [5, 5.41) is 2.51. The quantitative estimate of drug-likeness (QED) is 0.494. The number of amides is 1. The van der Waals surface area contributed by atoms with Crippen LogP contribution in [0, 0.1) is 0 Å². The number of carbonyl (C=O) groups is 2. The van der Waals surface area contributed by atoms with Gasteiger partial charge >= 0.3 is 12.1 Å². The second-order valence-corrected chi connectivity index (χ2v) is 5.37. The van der Waals surface area contributed by atoms with Gasteiger partial charge in [0.2, 0.25) is 0 Å². The van der Waals surface area contributed by atoms with Crippen molar-refractivity contribution in [1.29, 1.82) is 0 Å². The summed E-state index contributed by atoms with van der Waals surface area (Å²) in [6.45, 7) is 4.37. The average Bonchev–Trinajstić information content (AvgIpc) is 2.43. The number of hydrogen-bond donors (Lipinski definition) is 1. The van der Waals surface area contributed by atoms with Crippen LogP contribution in [-0.2, 0) is 14.3 Å². The van der Waals surface area contributed by atoms with E-state index in [0.717, 1.165) is 12.8 Å². The molecule has 1 N–H and O–H groups in total. The number of cyclic esters (lactones) is 1. The summed E-state index contributed by atoms with van der Waals surface area (Å²) in [4.78, 5) is 22.4. The number of alkyl carbamates (subject to hydrolysis) is 1. The molecule has 1 fully saturated rings. The number of carbonyl (C=O) groups excluding carboxylic acids is 2. The molecule has 5 nitrogen and oxygen atoms in total. The van der Waals surface area contributed by atoms with E-state index in [1.807, 2.05) is 0 Å². The molecule has 0 bridgehead atoms. The molecular weight excluding hydrogens is 258 g/mol. The van der Waals surface area contributed by atoms with Crippen molar-refractivity contribution in [2.75, 3.05) is 6.61 Å². The number of hydrogen-bond acceptors (Lipinski definition) is 4. The molecule has 0 radical (unpaired) electrons. The van der Waals surface area contributed by atoms with Crippen LogP contribution in [0.1, 0.15) is 65.2 Å². The fourth-order valence-corrected chi connectivity index (χ4v) is 2.19. The van der Waals surface area contributed by atoms with Gasteiger partial charge in [-0.15, -0.1) is 0 Å². The SMILES string of the molecule is CCCCCCCCCCOC(=O)N[C@H]1C(=O)O[C@H]1C. The number of unbranched alkanes of at least 4 members (excludes halogenated alkanes) is 7. The first kappa shape index (κ1) is 16.8. The van der Waals surface area contributed by atoms with Crippen molar-refractivity contribution in [3.05, 3.63) is 0 Å². The summed E-state index contributed by atoms with van der Waals surface area (Å²) < 4.78 is 9.77. The minimum Gasteiger partial charge on any atom is -0.458 e. The Hall–Kier alpha value is -1.26. The number of rotatable bonds is 10. The van der Waals surface area contributed by atoms with Crippen LogP contribution in [0.2, 0.25) is 0 Å².